The molecule has 7 rings (SSSR count). The molecule has 0 spiro atoms. The van der Waals surface area contributed by atoms with Crippen molar-refractivity contribution < 1.29 is 0 Å². The molecular weight excluding hydrogens is 801 g/mol. The van der Waals surface area contributed by atoms with Crippen molar-refractivity contribution in [2.75, 3.05) is 0 Å². The third kappa shape index (κ3) is 10.2. The Morgan fingerprint density at radius 1 is 0.291 bits per heavy atom. The van der Waals surface area contributed by atoms with Gasteiger partial charge in [0.1, 0.15) is 0 Å². The minimum atomic E-state index is 1.21. The molecule has 0 bridgehead atoms. The SMILES string of the molecule is CCCCCCc1ccc(-c2sc3c(sc4c(-c5ccc(CCCCCC)s5)c(-c5ccc(CCCCCC)s5)sc43)c2-c2ccc(CCCCCC)s2)s1. The van der Waals surface area contributed by atoms with Gasteiger partial charge in [0.15, 0.2) is 0 Å². The molecule has 7 aromatic heterocycles. The average Bonchev–Trinajstić information content (AvgIpc) is 4.04. The van der Waals surface area contributed by atoms with Gasteiger partial charge in [-0.1, -0.05) is 105 Å². The first-order chi connectivity index (χ1) is 27.1. The van der Waals surface area contributed by atoms with Crippen LogP contribution in [-0.4, -0.2) is 0 Å². The third-order valence-electron chi connectivity index (χ3n) is 10.8. The average molecular weight is 861 g/mol. The highest BCUT2D eigenvalue weighted by Gasteiger charge is 2.27. The van der Waals surface area contributed by atoms with Gasteiger partial charge in [0.05, 0.1) is 28.6 Å². The number of aryl methyl sites for hydroxylation is 4. The molecule has 7 heteroatoms. The zero-order valence-corrected chi connectivity index (χ0v) is 39.3. The number of thiophene rings is 7. The molecule has 294 valence electrons. The highest BCUT2D eigenvalue weighted by molar-refractivity contribution is 7.42. The standard InChI is InChI=1S/C48H60S7/c1-5-9-13-17-21-33-25-29-37(49-33)41-43(39-31-27-35(51-39)23-19-15-11-7-3)53-47-45(41)55-46-42(38-30-26-34(50-38)22-18-14-10-6-2)44(54-48(46)47)40-32-28-36(52-40)24-20-16-12-8-4/h25-32H,5-24H2,1-4H3. The molecule has 0 aliphatic rings. The first-order valence-electron chi connectivity index (χ1n) is 21.5. The van der Waals surface area contributed by atoms with E-state index in [9.17, 15) is 0 Å². The van der Waals surface area contributed by atoms with Crippen LogP contribution in [0.15, 0.2) is 48.5 Å². The molecule has 0 saturated heterocycles. The van der Waals surface area contributed by atoms with Gasteiger partial charge in [-0.2, -0.15) is 0 Å². The molecular formula is C48H60S7. The van der Waals surface area contributed by atoms with Crippen LogP contribution in [-0.2, 0) is 25.7 Å². The fraction of sp³-hybridized carbons (Fsp3) is 0.500. The lowest BCUT2D eigenvalue weighted by Gasteiger charge is -2.02. The quantitative estimate of drug-likeness (QED) is 0.0531. The maximum Gasteiger partial charge on any atom is 0.0643 e. The zero-order chi connectivity index (χ0) is 38.0. The van der Waals surface area contributed by atoms with Gasteiger partial charge in [-0.3, -0.25) is 0 Å². The van der Waals surface area contributed by atoms with E-state index in [4.69, 9.17) is 0 Å². The Morgan fingerprint density at radius 2 is 0.600 bits per heavy atom. The van der Waals surface area contributed by atoms with E-state index in [-0.39, 0.29) is 0 Å². The molecule has 0 aliphatic carbocycles. The van der Waals surface area contributed by atoms with Crippen molar-refractivity contribution in [3.63, 3.8) is 0 Å². The van der Waals surface area contributed by atoms with E-state index in [2.05, 4.69) is 156 Å². The maximum atomic E-state index is 2.46. The minimum absolute atomic E-state index is 1.21. The van der Waals surface area contributed by atoms with Crippen LogP contribution in [0.2, 0.25) is 0 Å². The monoisotopic (exact) mass is 860 g/mol. The van der Waals surface area contributed by atoms with Gasteiger partial charge in [-0.15, -0.1) is 79.4 Å². The van der Waals surface area contributed by atoms with Crippen LogP contribution in [0.25, 0.3) is 59.2 Å². The smallest absolute Gasteiger partial charge is 0.0643 e. The Bertz CT molecular complexity index is 2050. The van der Waals surface area contributed by atoms with Crippen LogP contribution in [0, 0.1) is 0 Å². The van der Waals surface area contributed by atoms with Crippen LogP contribution in [0.1, 0.15) is 150 Å². The molecule has 7 aromatic rings. The van der Waals surface area contributed by atoms with Gasteiger partial charge < -0.3 is 0 Å². The summed E-state index contributed by atoms with van der Waals surface area (Å²) in [6.07, 6.45) is 26.0. The van der Waals surface area contributed by atoms with Crippen molar-refractivity contribution in [2.45, 2.75) is 156 Å². The van der Waals surface area contributed by atoms with Crippen molar-refractivity contribution in [1.82, 2.24) is 0 Å². The molecule has 55 heavy (non-hydrogen) atoms. The summed E-state index contributed by atoms with van der Waals surface area (Å²) in [4.78, 5) is 15.1. The lowest BCUT2D eigenvalue weighted by atomic mass is 10.1. The summed E-state index contributed by atoms with van der Waals surface area (Å²) in [6, 6.07) is 19.6. The predicted molar refractivity (Wildman–Crippen MR) is 260 cm³/mol. The summed E-state index contributed by atoms with van der Waals surface area (Å²) in [5, 5.41) is 0. The Balaban J connectivity index is 1.31. The summed E-state index contributed by atoms with van der Waals surface area (Å²) in [5.74, 6) is 0. The van der Waals surface area contributed by atoms with E-state index in [0.717, 1.165) is 0 Å². The molecule has 0 amide bonds. The molecule has 0 aliphatic heterocycles. The fourth-order valence-electron chi connectivity index (χ4n) is 7.69. The van der Waals surface area contributed by atoms with E-state index in [1.165, 1.54) is 188 Å². The van der Waals surface area contributed by atoms with Crippen LogP contribution in [0.5, 0.6) is 0 Å². The van der Waals surface area contributed by atoms with Crippen LogP contribution in [0.4, 0.5) is 0 Å². The van der Waals surface area contributed by atoms with Crippen molar-refractivity contribution >= 4 is 98.2 Å². The number of unbranched alkanes of at least 4 members (excludes halogenated alkanes) is 12. The van der Waals surface area contributed by atoms with Gasteiger partial charge in [0.25, 0.3) is 0 Å². The predicted octanol–water partition coefficient (Wildman–Crippen LogP) is 19.6. The lowest BCUT2D eigenvalue weighted by molar-refractivity contribution is 0.670. The van der Waals surface area contributed by atoms with Gasteiger partial charge in [0, 0.05) is 50.1 Å². The third-order valence-corrected chi connectivity index (χ3v) is 19.8. The van der Waals surface area contributed by atoms with Gasteiger partial charge in [0.2, 0.25) is 0 Å². The number of rotatable bonds is 24. The Hall–Kier alpha value is -1.58. The molecule has 0 radical (unpaired) electrons. The van der Waals surface area contributed by atoms with Crippen LogP contribution >= 0.6 is 79.4 Å². The van der Waals surface area contributed by atoms with Gasteiger partial charge in [-0.25, -0.2) is 0 Å². The van der Waals surface area contributed by atoms with E-state index >= 15 is 0 Å². The molecule has 0 nitrogen and oxygen atoms in total. The fourth-order valence-corrected chi connectivity index (χ4v) is 17.0. The lowest BCUT2D eigenvalue weighted by Crippen LogP contribution is -1.80. The topological polar surface area (TPSA) is 0 Å². The molecule has 0 fully saturated rings. The molecule has 0 saturated carbocycles. The first-order valence-corrected chi connectivity index (χ1v) is 27.2. The van der Waals surface area contributed by atoms with E-state index in [1.807, 2.05) is 0 Å². The highest BCUT2D eigenvalue weighted by Crippen LogP contribution is 2.59. The molecule has 0 aromatic carbocycles. The number of hydrogen-bond acceptors (Lipinski definition) is 7. The van der Waals surface area contributed by atoms with Crippen molar-refractivity contribution in [3.8, 4) is 40.4 Å². The van der Waals surface area contributed by atoms with Crippen LogP contribution in [0.3, 0.4) is 0 Å². The summed E-state index contributed by atoms with van der Waals surface area (Å²) in [5.41, 5.74) is 3.02. The zero-order valence-electron chi connectivity index (χ0n) is 33.6. The maximum absolute atomic E-state index is 2.46. The molecule has 0 atom stereocenters. The minimum Gasteiger partial charge on any atom is -0.140 e. The van der Waals surface area contributed by atoms with Crippen molar-refractivity contribution in [3.05, 3.63) is 68.0 Å². The van der Waals surface area contributed by atoms with Crippen molar-refractivity contribution in [1.29, 1.82) is 0 Å². The van der Waals surface area contributed by atoms with Crippen LogP contribution < -0.4 is 0 Å². The normalized spacial score (nSPS) is 12.0. The first kappa shape index (κ1) is 41.6. The second-order valence-electron chi connectivity index (χ2n) is 15.3. The summed E-state index contributed by atoms with van der Waals surface area (Å²) >= 11 is 14.5. The van der Waals surface area contributed by atoms with E-state index in [1.54, 1.807) is 19.5 Å². The Kier molecular flexibility index (Phi) is 15.8. The highest BCUT2D eigenvalue weighted by atomic mass is 32.1. The molecule has 0 unspecified atom stereocenters. The number of fused-ring (bicyclic) bond motifs is 3. The largest absolute Gasteiger partial charge is 0.140 e. The number of hydrogen-bond donors (Lipinski definition) is 0. The second-order valence-corrected chi connectivity index (χ2v) is 23.1. The van der Waals surface area contributed by atoms with Gasteiger partial charge >= 0.3 is 0 Å². The van der Waals surface area contributed by atoms with Crippen molar-refractivity contribution in [2.24, 2.45) is 0 Å². The second kappa shape index (κ2) is 20.9. The molecule has 7 heterocycles. The summed E-state index contributed by atoms with van der Waals surface area (Å²) in [7, 11) is 0. The van der Waals surface area contributed by atoms with Gasteiger partial charge in [-0.05, 0) is 99.9 Å². The Labute approximate surface area is 359 Å². The summed E-state index contributed by atoms with van der Waals surface area (Å²) in [6.45, 7) is 9.25. The van der Waals surface area contributed by atoms with E-state index in [0.29, 0.717) is 0 Å². The summed E-state index contributed by atoms with van der Waals surface area (Å²) < 4.78 is 6.08. The Morgan fingerprint density at radius 3 is 0.927 bits per heavy atom. The van der Waals surface area contributed by atoms with E-state index < -0.39 is 0 Å². The molecule has 0 N–H and O–H groups in total.